The number of alkyl halides is 3. The first-order valence-electron chi connectivity index (χ1n) is 4.81. The minimum Gasteiger partial charge on any atom is -0.328 e. The molecule has 84 valence electrons. The highest BCUT2D eigenvalue weighted by atomic mass is 19.4. The topological polar surface area (TPSA) is 26.0 Å². The Morgan fingerprint density at radius 1 is 1.20 bits per heavy atom. The van der Waals surface area contributed by atoms with Gasteiger partial charge in [0.15, 0.2) is 0 Å². The molecule has 1 nitrogen and oxygen atoms in total. The molecule has 0 spiro atoms. The van der Waals surface area contributed by atoms with Crippen LogP contribution in [0.25, 0.3) is 0 Å². The normalized spacial score (nSPS) is 13.9. The van der Waals surface area contributed by atoms with Gasteiger partial charge in [0.25, 0.3) is 0 Å². The quantitative estimate of drug-likeness (QED) is 0.827. The Labute approximate surface area is 87.1 Å². The lowest BCUT2D eigenvalue weighted by atomic mass is 10.0. The van der Waals surface area contributed by atoms with Gasteiger partial charge < -0.3 is 5.73 Å². The number of aryl methyl sites for hydroxylation is 1. The molecule has 0 saturated carbocycles. The van der Waals surface area contributed by atoms with Crippen LogP contribution < -0.4 is 5.73 Å². The maximum Gasteiger partial charge on any atom is 0.416 e. The second-order valence-electron chi connectivity index (χ2n) is 3.71. The summed E-state index contributed by atoms with van der Waals surface area (Å²) in [7, 11) is 0. The van der Waals surface area contributed by atoms with Gasteiger partial charge in [0.2, 0.25) is 0 Å². The van der Waals surface area contributed by atoms with Crippen LogP contribution in [0.15, 0.2) is 24.3 Å². The van der Waals surface area contributed by atoms with Crippen molar-refractivity contribution in [2.75, 3.05) is 0 Å². The third kappa shape index (κ3) is 3.91. The SMILES string of the molecule is CC(N)CCc1ccc(C(F)(F)F)cc1. The first-order valence-corrected chi connectivity index (χ1v) is 4.81. The van der Waals surface area contributed by atoms with E-state index in [2.05, 4.69) is 0 Å². The fourth-order valence-corrected chi connectivity index (χ4v) is 1.25. The maximum absolute atomic E-state index is 12.2. The molecule has 4 heteroatoms. The van der Waals surface area contributed by atoms with Gasteiger partial charge in [-0.15, -0.1) is 0 Å². The highest BCUT2D eigenvalue weighted by molar-refractivity contribution is 5.24. The van der Waals surface area contributed by atoms with E-state index >= 15 is 0 Å². The summed E-state index contributed by atoms with van der Waals surface area (Å²) < 4.78 is 36.6. The van der Waals surface area contributed by atoms with E-state index in [0.29, 0.717) is 0 Å². The minimum absolute atomic E-state index is 0.0762. The third-order valence-corrected chi connectivity index (χ3v) is 2.17. The summed E-state index contributed by atoms with van der Waals surface area (Å²) >= 11 is 0. The van der Waals surface area contributed by atoms with Gasteiger partial charge in [-0.25, -0.2) is 0 Å². The number of nitrogens with two attached hydrogens (primary N) is 1. The van der Waals surface area contributed by atoms with E-state index in [0.717, 1.165) is 30.5 Å². The number of hydrogen-bond donors (Lipinski definition) is 1. The van der Waals surface area contributed by atoms with Crippen molar-refractivity contribution in [3.63, 3.8) is 0 Å². The summed E-state index contributed by atoms with van der Waals surface area (Å²) in [5.74, 6) is 0. The van der Waals surface area contributed by atoms with Crippen molar-refractivity contribution in [3.8, 4) is 0 Å². The fraction of sp³-hybridized carbons (Fsp3) is 0.455. The fourth-order valence-electron chi connectivity index (χ4n) is 1.25. The molecule has 0 amide bonds. The Bertz CT molecular complexity index is 301. The van der Waals surface area contributed by atoms with Crippen LogP contribution in [-0.4, -0.2) is 6.04 Å². The van der Waals surface area contributed by atoms with Crippen LogP contribution in [0.2, 0.25) is 0 Å². The van der Waals surface area contributed by atoms with Crippen LogP contribution in [0.3, 0.4) is 0 Å². The summed E-state index contributed by atoms with van der Waals surface area (Å²) in [4.78, 5) is 0. The lowest BCUT2D eigenvalue weighted by Gasteiger charge is -2.08. The monoisotopic (exact) mass is 217 g/mol. The van der Waals surface area contributed by atoms with Crippen LogP contribution in [0.1, 0.15) is 24.5 Å². The predicted molar refractivity (Wildman–Crippen MR) is 53.4 cm³/mol. The van der Waals surface area contributed by atoms with Crippen LogP contribution in [0.5, 0.6) is 0 Å². The Morgan fingerprint density at radius 2 is 1.73 bits per heavy atom. The van der Waals surface area contributed by atoms with Crippen molar-refractivity contribution in [2.24, 2.45) is 5.73 Å². The number of hydrogen-bond acceptors (Lipinski definition) is 1. The average Bonchev–Trinajstić information content (AvgIpc) is 2.14. The molecule has 0 heterocycles. The highest BCUT2D eigenvalue weighted by Gasteiger charge is 2.29. The van der Waals surface area contributed by atoms with Crippen molar-refractivity contribution >= 4 is 0 Å². The van der Waals surface area contributed by atoms with Crippen LogP contribution in [0, 0.1) is 0 Å². The zero-order valence-electron chi connectivity index (χ0n) is 8.51. The highest BCUT2D eigenvalue weighted by Crippen LogP contribution is 2.29. The van der Waals surface area contributed by atoms with Gasteiger partial charge in [-0.2, -0.15) is 13.2 Å². The second-order valence-corrected chi connectivity index (χ2v) is 3.71. The van der Waals surface area contributed by atoms with Crippen molar-refractivity contribution < 1.29 is 13.2 Å². The first kappa shape index (κ1) is 12.0. The molecule has 0 aliphatic heterocycles. The van der Waals surface area contributed by atoms with E-state index in [9.17, 15) is 13.2 Å². The smallest absolute Gasteiger partial charge is 0.328 e. The Hall–Kier alpha value is -1.03. The Kier molecular flexibility index (Phi) is 3.74. The minimum atomic E-state index is -4.25. The lowest BCUT2D eigenvalue weighted by Crippen LogP contribution is -2.15. The molecule has 1 aromatic carbocycles. The van der Waals surface area contributed by atoms with Gasteiger partial charge in [-0.3, -0.25) is 0 Å². The second kappa shape index (κ2) is 4.66. The standard InChI is InChI=1S/C11H14F3N/c1-8(15)2-3-9-4-6-10(7-5-9)11(12,13)14/h4-8H,2-3,15H2,1H3. The van der Waals surface area contributed by atoms with Gasteiger partial charge >= 0.3 is 6.18 Å². The summed E-state index contributed by atoms with van der Waals surface area (Å²) in [6.45, 7) is 1.88. The van der Waals surface area contributed by atoms with E-state index in [4.69, 9.17) is 5.73 Å². The van der Waals surface area contributed by atoms with Crippen LogP contribution in [0.4, 0.5) is 13.2 Å². The van der Waals surface area contributed by atoms with Gasteiger partial charge in [-0.05, 0) is 37.5 Å². The zero-order valence-corrected chi connectivity index (χ0v) is 8.51. The molecule has 15 heavy (non-hydrogen) atoms. The molecule has 0 aliphatic rings. The van der Waals surface area contributed by atoms with Crippen molar-refractivity contribution in [1.29, 1.82) is 0 Å². The molecule has 0 fully saturated rings. The predicted octanol–water partition coefficient (Wildman–Crippen LogP) is 2.99. The molecule has 0 aromatic heterocycles. The van der Waals surface area contributed by atoms with E-state index in [1.807, 2.05) is 6.92 Å². The first-order chi connectivity index (χ1) is 6.89. The van der Waals surface area contributed by atoms with Gasteiger partial charge in [0.1, 0.15) is 0 Å². The molecule has 1 aromatic rings. The Morgan fingerprint density at radius 3 is 2.13 bits per heavy atom. The van der Waals surface area contributed by atoms with Crippen LogP contribution in [-0.2, 0) is 12.6 Å². The molecule has 1 atom stereocenters. The molecular weight excluding hydrogens is 203 g/mol. The summed E-state index contributed by atoms with van der Waals surface area (Å²) in [5, 5.41) is 0. The van der Waals surface area contributed by atoms with E-state index < -0.39 is 11.7 Å². The molecule has 2 N–H and O–H groups in total. The lowest BCUT2D eigenvalue weighted by molar-refractivity contribution is -0.137. The molecule has 0 aliphatic carbocycles. The largest absolute Gasteiger partial charge is 0.416 e. The summed E-state index contributed by atoms with van der Waals surface area (Å²) in [6, 6.07) is 5.30. The molecule has 0 bridgehead atoms. The molecule has 1 unspecified atom stereocenters. The molecule has 0 saturated heterocycles. The van der Waals surface area contributed by atoms with E-state index in [1.165, 1.54) is 12.1 Å². The summed E-state index contributed by atoms with van der Waals surface area (Å²) in [6.07, 6.45) is -2.75. The number of benzene rings is 1. The molecule has 0 radical (unpaired) electrons. The third-order valence-electron chi connectivity index (χ3n) is 2.17. The summed E-state index contributed by atoms with van der Waals surface area (Å²) in [5.41, 5.74) is 5.84. The van der Waals surface area contributed by atoms with Gasteiger partial charge in [-0.1, -0.05) is 12.1 Å². The maximum atomic E-state index is 12.2. The average molecular weight is 217 g/mol. The number of halogens is 3. The van der Waals surface area contributed by atoms with Crippen LogP contribution >= 0.6 is 0 Å². The molecular formula is C11H14F3N. The van der Waals surface area contributed by atoms with Crippen molar-refractivity contribution in [2.45, 2.75) is 32.0 Å². The van der Waals surface area contributed by atoms with Crippen molar-refractivity contribution in [1.82, 2.24) is 0 Å². The molecule has 1 rings (SSSR count). The Balaban J connectivity index is 2.65. The van der Waals surface area contributed by atoms with Gasteiger partial charge in [0.05, 0.1) is 5.56 Å². The zero-order chi connectivity index (χ0) is 11.5. The van der Waals surface area contributed by atoms with E-state index in [-0.39, 0.29) is 6.04 Å². The number of rotatable bonds is 3. The van der Waals surface area contributed by atoms with E-state index in [1.54, 1.807) is 0 Å². The van der Waals surface area contributed by atoms with Gasteiger partial charge in [0, 0.05) is 6.04 Å². The van der Waals surface area contributed by atoms with Crippen molar-refractivity contribution in [3.05, 3.63) is 35.4 Å².